The fourth-order valence-corrected chi connectivity index (χ4v) is 5.77. The van der Waals surface area contributed by atoms with Crippen molar-refractivity contribution in [1.82, 2.24) is 0 Å². The van der Waals surface area contributed by atoms with E-state index < -0.39 is 0 Å². The van der Waals surface area contributed by atoms with Gasteiger partial charge in [0.2, 0.25) is 0 Å². The van der Waals surface area contributed by atoms with Crippen LogP contribution in [0.4, 0.5) is 0 Å². The molecule has 0 aliphatic carbocycles. The van der Waals surface area contributed by atoms with Gasteiger partial charge in [0.25, 0.3) is 5.88 Å². The van der Waals surface area contributed by atoms with Crippen LogP contribution in [0.15, 0.2) is 94.5 Å². The van der Waals surface area contributed by atoms with E-state index >= 15 is 0 Å². The Hall–Kier alpha value is -2.03. The van der Waals surface area contributed by atoms with E-state index in [0.29, 0.717) is 0 Å². The molecule has 0 saturated carbocycles. The van der Waals surface area contributed by atoms with Gasteiger partial charge in [-0.3, -0.25) is 0 Å². The van der Waals surface area contributed by atoms with Gasteiger partial charge < -0.3 is 0 Å². The number of quaternary nitrogens is 1. The minimum Gasteiger partial charge on any atom is -0.221 e. The molecule has 23 heavy (non-hydrogen) atoms. The van der Waals surface area contributed by atoms with Crippen LogP contribution in [-0.4, -0.2) is 17.4 Å². The van der Waals surface area contributed by atoms with Gasteiger partial charge in [0.1, 0.15) is 17.1 Å². The third-order valence-corrected chi connectivity index (χ3v) is 6.68. The molecule has 0 bridgehead atoms. The van der Waals surface area contributed by atoms with Gasteiger partial charge in [-0.25, -0.2) is 4.48 Å². The van der Waals surface area contributed by atoms with E-state index in [1.165, 1.54) is 27.3 Å². The minimum absolute atomic E-state index is 0.165. The molecule has 2 heterocycles. The lowest BCUT2D eigenvalue weighted by atomic mass is 9.97. The SMILES string of the molecule is CC1=C[N+]2(C)C[S+](c3ccccc3)C=C2C(c2ccccc2)=C1. The van der Waals surface area contributed by atoms with Crippen molar-refractivity contribution >= 4 is 16.5 Å². The lowest BCUT2D eigenvalue weighted by Gasteiger charge is -2.29. The van der Waals surface area contributed by atoms with Crippen molar-refractivity contribution in [2.45, 2.75) is 11.8 Å². The third kappa shape index (κ3) is 2.58. The number of nitrogens with zero attached hydrogens (tertiary/aromatic N) is 1. The Morgan fingerprint density at radius 3 is 2.26 bits per heavy atom. The van der Waals surface area contributed by atoms with Gasteiger partial charge in [-0.2, -0.15) is 0 Å². The molecule has 1 nitrogen and oxygen atoms in total. The van der Waals surface area contributed by atoms with Gasteiger partial charge in [0.15, 0.2) is 16.0 Å². The first-order valence-electron chi connectivity index (χ1n) is 7.95. The predicted molar refractivity (Wildman–Crippen MR) is 99.4 cm³/mol. The summed E-state index contributed by atoms with van der Waals surface area (Å²) in [6.07, 6.45) is 4.73. The number of likely N-dealkylation sites (N-methyl/N-ethyl adjacent to an activating group) is 1. The molecule has 0 aromatic heterocycles. The first-order chi connectivity index (χ1) is 11.2. The summed E-state index contributed by atoms with van der Waals surface area (Å²) in [5.41, 5.74) is 5.48. The Kier molecular flexibility index (Phi) is 3.51. The van der Waals surface area contributed by atoms with E-state index in [4.69, 9.17) is 0 Å². The molecular formula is C21H21NS+2. The van der Waals surface area contributed by atoms with Gasteiger partial charge in [0, 0.05) is 11.1 Å². The number of hydrogen-bond acceptors (Lipinski definition) is 0. The molecule has 2 aromatic rings. The topological polar surface area (TPSA) is 0 Å². The second-order valence-electron chi connectivity index (χ2n) is 6.44. The van der Waals surface area contributed by atoms with Crippen LogP contribution in [0, 0.1) is 0 Å². The van der Waals surface area contributed by atoms with Crippen LogP contribution < -0.4 is 0 Å². The smallest absolute Gasteiger partial charge is 0.221 e. The Balaban J connectivity index is 1.81. The minimum atomic E-state index is 0.165. The van der Waals surface area contributed by atoms with E-state index in [0.717, 1.165) is 10.4 Å². The molecule has 114 valence electrons. The summed E-state index contributed by atoms with van der Waals surface area (Å²) in [5, 5.41) is 2.50. The van der Waals surface area contributed by atoms with Gasteiger partial charge in [0.05, 0.1) is 7.05 Å². The quantitative estimate of drug-likeness (QED) is 0.544. The van der Waals surface area contributed by atoms with E-state index in [1.807, 2.05) is 0 Å². The molecule has 0 spiro atoms. The number of allylic oxidation sites excluding steroid dienone is 3. The Labute approximate surface area is 141 Å². The van der Waals surface area contributed by atoms with E-state index in [9.17, 15) is 0 Å². The lowest BCUT2D eigenvalue weighted by Crippen LogP contribution is -2.38. The van der Waals surface area contributed by atoms with Crippen LogP contribution >= 0.6 is 0 Å². The molecule has 0 saturated heterocycles. The van der Waals surface area contributed by atoms with Gasteiger partial charge in [-0.15, -0.1) is 0 Å². The first kappa shape index (κ1) is 14.6. The maximum atomic E-state index is 2.50. The average molecular weight is 319 g/mol. The first-order valence-corrected chi connectivity index (χ1v) is 9.41. The molecule has 2 aliphatic heterocycles. The van der Waals surface area contributed by atoms with Crippen LogP contribution in [0.5, 0.6) is 0 Å². The van der Waals surface area contributed by atoms with Crippen molar-refractivity contribution in [2.24, 2.45) is 0 Å². The van der Waals surface area contributed by atoms with Crippen LogP contribution in [0.2, 0.25) is 0 Å². The van der Waals surface area contributed by atoms with Crippen molar-refractivity contribution in [3.63, 3.8) is 0 Å². The maximum absolute atomic E-state index is 2.50. The molecule has 2 aliphatic rings. The normalized spacial score (nSPS) is 26.2. The zero-order valence-corrected chi connectivity index (χ0v) is 14.4. The maximum Gasteiger partial charge on any atom is 0.251 e. The molecule has 0 amide bonds. The molecule has 0 radical (unpaired) electrons. The monoisotopic (exact) mass is 319 g/mol. The molecular weight excluding hydrogens is 298 g/mol. The fourth-order valence-electron chi connectivity index (χ4n) is 3.47. The molecule has 2 unspecified atom stereocenters. The van der Waals surface area contributed by atoms with Gasteiger partial charge in [-0.05, 0) is 30.7 Å². The summed E-state index contributed by atoms with van der Waals surface area (Å²) >= 11 is 0. The van der Waals surface area contributed by atoms with Crippen LogP contribution in [0.3, 0.4) is 0 Å². The van der Waals surface area contributed by atoms with E-state index in [-0.39, 0.29) is 10.9 Å². The molecule has 2 heteroatoms. The largest absolute Gasteiger partial charge is 0.251 e. The second-order valence-corrected chi connectivity index (χ2v) is 8.26. The number of benzene rings is 2. The van der Waals surface area contributed by atoms with Crippen LogP contribution in [-0.2, 0) is 10.9 Å². The Bertz CT molecular complexity index is 817. The number of hydrogen-bond donors (Lipinski definition) is 0. The standard InChI is InChI=1S/C21H21NS/c1-17-13-20(18-9-5-3-6-10-18)21-15-23(16-22(21,2)14-17)19-11-7-4-8-12-19/h3-15H,16H2,1-2H3/q+2. The summed E-state index contributed by atoms with van der Waals surface area (Å²) in [6, 6.07) is 21.7. The van der Waals surface area contributed by atoms with Crippen LogP contribution in [0.25, 0.3) is 5.57 Å². The number of fused-ring (bicyclic) bond motifs is 1. The molecule has 4 rings (SSSR count). The summed E-state index contributed by atoms with van der Waals surface area (Å²) in [4.78, 5) is 1.44. The van der Waals surface area contributed by atoms with E-state index in [2.05, 4.69) is 92.3 Å². The average Bonchev–Trinajstić information content (AvgIpc) is 2.93. The van der Waals surface area contributed by atoms with Crippen molar-refractivity contribution in [3.8, 4) is 0 Å². The summed E-state index contributed by atoms with van der Waals surface area (Å²) in [7, 11) is 2.50. The zero-order valence-electron chi connectivity index (χ0n) is 13.6. The number of rotatable bonds is 2. The van der Waals surface area contributed by atoms with Crippen molar-refractivity contribution in [1.29, 1.82) is 0 Å². The predicted octanol–water partition coefficient (Wildman–Crippen LogP) is 4.92. The van der Waals surface area contributed by atoms with Crippen molar-refractivity contribution in [3.05, 3.63) is 95.2 Å². The van der Waals surface area contributed by atoms with Crippen LogP contribution in [0.1, 0.15) is 12.5 Å². The summed E-state index contributed by atoms with van der Waals surface area (Å²) in [6.45, 7) is 2.21. The fraction of sp³-hybridized carbons (Fsp3) is 0.143. The highest BCUT2D eigenvalue weighted by atomic mass is 32.2. The van der Waals surface area contributed by atoms with Gasteiger partial charge in [-0.1, -0.05) is 48.5 Å². The Morgan fingerprint density at radius 2 is 1.57 bits per heavy atom. The molecule has 0 N–H and O–H groups in total. The third-order valence-electron chi connectivity index (χ3n) is 4.48. The van der Waals surface area contributed by atoms with Crippen molar-refractivity contribution in [2.75, 3.05) is 12.9 Å². The highest BCUT2D eigenvalue weighted by molar-refractivity contribution is 7.99. The lowest BCUT2D eigenvalue weighted by molar-refractivity contribution is -0.800. The highest BCUT2D eigenvalue weighted by Crippen LogP contribution is 2.43. The molecule has 2 atom stereocenters. The highest BCUT2D eigenvalue weighted by Gasteiger charge is 2.48. The molecule has 2 aromatic carbocycles. The van der Waals surface area contributed by atoms with E-state index in [1.54, 1.807) is 0 Å². The Morgan fingerprint density at radius 1 is 0.913 bits per heavy atom. The summed E-state index contributed by atoms with van der Waals surface area (Å²) in [5.74, 6) is 1.13. The second kappa shape index (κ2) is 5.55. The molecule has 0 fully saturated rings. The summed E-state index contributed by atoms with van der Waals surface area (Å²) < 4.78 is 0.907. The van der Waals surface area contributed by atoms with Gasteiger partial charge >= 0.3 is 0 Å². The zero-order chi connectivity index (χ0) is 15.9. The van der Waals surface area contributed by atoms with Crippen molar-refractivity contribution < 1.29 is 4.48 Å².